The zero-order valence-electron chi connectivity index (χ0n) is 13.3. The molecule has 2 N–H and O–H groups in total. The van der Waals surface area contributed by atoms with E-state index in [1.54, 1.807) is 0 Å². The van der Waals surface area contributed by atoms with Gasteiger partial charge in [0.15, 0.2) is 0 Å². The molecular formula is C17H27ClN2OS. The van der Waals surface area contributed by atoms with Crippen molar-refractivity contribution in [2.75, 3.05) is 19.6 Å². The highest BCUT2D eigenvalue weighted by Crippen LogP contribution is 2.41. The van der Waals surface area contributed by atoms with Crippen LogP contribution in [0.25, 0.3) is 0 Å². The van der Waals surface area contributed by atoms with Crippen LogP contribution in [0, 0.1) is 11.8 Å². The van der Waals surface area contributed by atoms with Gasteiger partial charge in [-0.1, -0.05) is 32.3 Å². The summed E-state index contributed by atoms with van der Waals surface area (Å²) in [6.07, 6.45) is 6.34. The number of thiophene rings is 1. The molecule has 0 spiro atoms. The number of rotatable bonds is 5. The minimum atomic E-state index is 0. The maximum atomic E-state index is 12.4. The van der Waals surface area contributed by atoms with Crippen molar-refractivity contribution < 1.29 is 4.79 Å². The third-order valence-corrected chi connectivity index (χ3v) is 6.51. The molecule has 0 bridgehead atoms. The number of halogens is 1. The van der Waals surface area contributed by atoms with Crippen LogP contribution in [0.2, 0.25) is 0 Å². The van der Waals surface area contributed by atoms with Crippen molar-refractivity contribution >= 4 is 29.7 Å². The Morgan fingerprint density at radius 2 is 2.14 bits per heavy atom. The van der Waals surface area contributed by atoms with Crippen molar-refractivity contribution in [1.29, 1.82) is 0 Å². The predicted molar refractivity (Wildman–Crippen MR) is 94.9 cm³/mol. The predicted octanol–water partition coefficient (Wildman–Crippen LogP) is 3.34. The normalized spacial score (nSPS) is 22.2. The Morgan fingerprint density at radius 1 is 1.41 bits per heavy atom. The SMILES string of the molecule is CC(C(=O)NCC1(c2cccs2)CCCCC1)C1CNC1.Cl. The van der Waals surface area contributed by atoms with Crippen molar-refractivity contribution in [3.63, 3.8) is 0 Å². The van der Waals surface area contributed by atoms with Gasteiger partial charge in [0.25, 0.3) is 0 Å². The Morgan fingerprint density at radius 3 is 2.68 bits per heavy atom. The number of carbonyl (C=O) groups is 1. The summed E-state index contributed by atoms with van der Waals surface area (Å²) in [5.74, 6) is 0.896. The average molecular weight is 343 g/mol. The van der Waals surface area contributed by atoms with Gasteiger partial charge in [-0.05, 0) is 43.3 Å². The first-order valence-corrected chi connectivity index (χ1v) is 9.12. The maximum absolute atomic E-state index is 12.4. The molecule has 2 fully saturated rings. The molecule has 1 aliphatic heterocycles. The molecule has 124 valence electrons. The Labute approximate surface area is 143 Å². The van der Waals surface area contributed by atoms with Crippen LogP contribution in [0.4, 0.5) is 0 Å². The Hall–Kier alpha value is -0.580. The van der Waals surface area contributed by atoms with Crippen molar-refractivity contribution in [3.8, 4) is 0 Å². The van der Waals surface area contributed by atoms with Gasteiger partial charge in [-0.2, -0.15) is 0 Å². The van der Waals surface area contributed by atoms with Gasteiger partial charge in [-0.3, -0.25) is 4.79 Å². The summed E-state index contributed by atoms with van der Waals surface area (Å²) in [7, 11) is 0. The van der Waals surface area contributed by atoms with Crippen molar-refractivity contribution in [2.45, 2.75) is 44.4 Å². The molecule has 5 heteroatoms. The number of carbonyl (C=O) groups excluding carboxylic acids is 1. The monoisotopic (exact) mass is 342 g/mol. The molecule has 1 aromatic heterocycles. The van der Waals surface area contributed by atoms with E-state index in [2.05, 4.69) is 35.1 Å². The molecule has 1 saturated heterocycles. The van der Waals surface area contributed by atoms with E-state index in [0.29, 0.717) is 5.92 Å². The average Bonchev–Trinajstić information content (AvgIpc) is 2.98. The van der Waals surface area contributed by atoms with Crippen LogP contribution in [-0.2, 0) is 10.2 Å². The summed E-state index contributed by atoms with van der Waals surface area (Å²) >= 11 is 1.85. The minimum absolute atomic E-state index is 0. The molecule has 2 aliphatic rings. The van der Waals surface area contributed by atoms with Crippen molar-refractivity contribution in [3.05, 3.63) is 22.4 Å². The molecule has 22 heavy (non-hydrogen) atoms. The second kappa shape index (κ2) is 7.80. The van der Waals surface area contributed by atoms with E-state index in [4.69, 9.17) is 0 Å². The van der Waals surface area contributed by atoms with E-state index >= 15 is 0 Å². The van der Waals surface area contributed by atoms with E-state index in [1.165, 1.54) is 37.0 Å². The molecule has 1 aliphatic carbocycles. The van der Waals surface area contributed by atoms with Crippen LogP contribution < -0.4 is 10.6 Å². The Kier molecular flexibility index (Phi) is 6.30. The summed E-state index contributed by atoms with van der Waals surface area (Å²) in [5.41, 5.74) is 0.194. The smallest absolute Gasteiger partial charge is 0.223 e. The first-order chi connectivity index (χ1) is 10.2. The van der Waals surface area contributed by atoms with Crippen LogP contribution in [-0.4, -0.2) is 25.5 Å². The summed E-state index contributed by atoms with van der Waals surface area (Å²) in [5, 5.41) is 8.69. The highest BCUT2D eigenvalue weighted by Gasteiger charge is 2.36. The molecule has 1 saturated carbocycles. The largest absolute Gasteiger partial charge is 0.355 e. The number of nitrogens with one attached hydrogen (secondary N) is 2. The molecule has 3 rings (SSSR count). The topological polar surface area (TPSA) is 41.1 Å². The Bertz CT molecular complexity index is 467. The van der Waals surface area contributed by atoms with E-state index in [1.807, 2.05) is 11.3 Å². The lowest BCUT2D eigenvalue weighted by atomic mass is 9.73. The fraction of sp³-hybridized carbons (Fsp3) is 0.706. The van der Waals surface area contributed by atoms with Gasteiger partial charge in [-0.15, -0.1) is 23.7 Å². The standard InChI is InChI=1S/C17H26N2OS.ClH/c1-13(14-10-18-11-14)16(20)19-12-17(7-3-2-4-8-17)15-6-5-9-21-15;/h5-6,9,13-14,18H,2-4,7-8,10-12H2,1H3,(H,19,20);1H. The summed E-state index contributed by atoms with van der Waals surface area (Å²) < 4.78 is 0. The molecule has 1 amide bonds. The fourth-order valence-corrected chi connectivity index (χ4v) is 4.60. The van der Waals surface area contributed by atoms with E-state index in [0.717, 1.165) is 19.6 Å². The summed E-state index contributed by atoms with van der Waals surface area (Å²) in [6, 6.07) is 4.39. The minimum Gasteiger partial charge on any atom is -0.355 e. The molecule has 1 atom stereocenters. The van der Waals surface area contributed by atoms with Crippen molar-refractivity contribution in [1.82, 2.24) is 10.6 Å². The van der Waals surface area contributed by atoms with E-state index < -0.39 is 0 Å². The van der Waals surface area contributed by atoms with Gasteiger partial charge >= 0.3 is 0 Å². The van der Waals surface area contributed by atoms with Crippen LogP contribution in [0.1, 0.15) is 43.9 Å². The van der Waals surface area contributed by atoms with E-state index in [-0.39, 0.29) is 29.6 Å². The highest BCUT2D eigenvalue weighted by atomic mass is 35.5. The lowest BCUT2D eigenvalue weighted by molar-refractivity contribution is -0.127. The highest BCUT2D eigenvalue weighted by molar-refractivity contribution is 7.10. The number of amides is 1. The van der Waals surface area contributed by atoms with Gasteiger partial charge in [0.1, 0.15) is 0 Å². The first-order valence-electron chi connectivity index (χ1n) is 8.24. The zero-order valence-corrected chi connectivity index (χ0v) is 14.9. The molecule has 2 heterocycles. The summed E-state index contributed by atoms with van der Waals surface area (Å²) in [4.78, 5) is 13.9. The lowest BCUT2D eigenvalue weighted by Crippen LogP contribution is -2.51. The molecule has 3 nitrogen and oxygen atoms in total. The van der Waals surface area contributed by atoms with E-state index in [9.17, 15) is 4.79 Å². The summed E-state index contributed by atoms with van der Waals surface area (Å²) in [6.45, 7) is 4.87. The molecule has 1 unspecified atom stereocenters. The van der Waals surface area contributed by atoms with Gasteiger partial charge in [0.05, 0.1) is 0 Å². The van der Waals surface area contributed by atoms with Crippen LogP contribution in [0.3, 0.4) is 0 Å². The van der Waals surface area contributed by atoms with Gasteiger partial charge in [-0.25, -0.2) is 0 Å². The molecule has 0 radical (unpaired) electrons. The van der Waals surface area contributed by atoms with Gasteiger partial charge < -0.3 is 10.6 Å². The quantitative estimate of drug-likeness (QED) is 0.861. The lowest BCUT2D eigenvalue weighted by Gasteiger charge is -2.38. The van der Waals surface area contributed by atoms with Gasteiger partial charge in [0.2, 0.25) is 5.91 Å². The zero-order chi connectivity index (χ0) is 14.7. The number of hydrogen-bond donors (Lipinski definition) is 2. The third kappa shape index (κ3) is 3.66. The second-order valence-corrected chi connectivity index (χ2v) is 7.69. The van der Waals surface area contributed by atoms with Crippen LogP contribution in [0.15, 0.2) is 17.5 Å². The molecule has 1 aromatic rings. The first kappa shape index (κ1) is 17.8. The van der Waals surface area contributed by atoms with Crippen LogP contribution in [0.5, 0.6) is 0 Å². The van der Waals surface area contributed by atoms with Crippen LogP contribution >= 0.6 is 23.7 Å². The third-order valence-electron chi connectivity index (χ3n) is 5.39. The Balaban J connectivity index is 0.00000176. The second-order valence-electron chi connectivity index (χ2n) is 6.74. The fourth-order valence-electron chi connectivity index (χ4n) is 3.62. The number of hydrogen-bond acceptors (Lipinski definition) is 3. The van der Waals surface area contributed by atoms with Gasteiger partial charge in [0, 0.05) is 22.8 Å². The maximum Gasteiger partial charge on any atom is 0.223 e. The molecule has 0 aromatic carbocycles. The molecular weight excluding hydrogens is 316 g/mol. The van der Waals surface area contributed by atoms with Crippen molar-refractivity contribution in [2.24, 2.45) is 11.8 Å².